The number of aliphatic imine (C=N–C) groups is 2. The van der Waals surface area contributed by atoms with Gasteiger partial charge in [0, 0.05) is 50.0 Å². The fourth-order valence-electron chi connectivity index (χ4n) is 9.31. The Bertz CT molecular complexity index is 2580. The highest BCUT2D eigenvalue weighted by Gasteiger charge is 2.39. The Hall–Kier alpha value is -6.64. The molecule has 0 saturated carbocycles. The average molecular weight is 989 g/mol. The van der Waals surface area contributed by atoms with Gasteiger partial charge in [0.1, 0.15) is 18.2 Å². The summed E-state index contributed by atoms with van der Waals surface area (Å²) >= 11 is 3.30. The van der Waals surface area contributed by atoms with Crippen molar-refractivity contribution in [2.24, 2.45) is 15.9 Å². The number of nitrogens with one attached hydrogen (secondary N) is 3. The second-order valence-electron chi connectivity index (χ2n) is 18.6. The molecule has 0 fully saturated rings. The van der Waals surface area contributed by atoms with Gasteiger partial charge < -0.3 is 30.2 Å². The number of rotatable bonds is 22. The van der Waals surface area contributed by atoms with Crippen molar-refractivity contribution in [2.75, 3.05) is 32.5 Å². The largest absolute Gasteiger partial charge is 0.448 e. The van der Waals surface area contributed by atoms with Gasteiger partial charge in [-0.3, -0.25) is 14.8 Å². The van der Waals surface area contributed by atoms with Gasteiger partial charge in [-0.05, 0) is 53.5 Å². The van der Waals surface area contributed by atoms with E-state index in [1.807, 2.05) is 116 Å². The van der Waals surface area contributed by atoms with Gasteiger partial charge >= 0.3 is 12.1 Å². The van der Waals surface area contributed by atoms with Crippen molar-refractivity contribution in [3.63, 3.8) is 0 Å². The minimum atomic E-state index is -0.996. The summed E-state index contributed by atoms with van der Waals surface area (Å²) in [6.07, 6.45) is 5.66. The zero-order valence-electron chi connectivity index (χ0n) is 40.7. The molecule has 1 aromatic heterocycles. The SMILES string of the molecule is CC(C)C1=NC(CN(C)C(=O)NC(Cc2cn(C(c3ccccc3)(c3ccccc3)c3ccccc3)cn2)C(=O)NC(CCC(Cc2ccccc2)NC(=O)OCC2CN=CS2)Cc2ccccc2)CS1. The first-order chi connectivity index (χ1) is 34.6. The minimum Gasteiger partial charge on any atom is -0.448 e. The third-order valence-corrected chi connectivity index (χ3v) is 15.3. The van der Waals surface area contributed by atoms with Crippen LogP contribution in [0.2, 0.25) is 0 Å². The minimum absolute atomic E-state index is 0.0428. The first-order valence-corrected chi connectivity index (χ1v) is 26.4. The summed E-state index contributed by atoms with van der Waals surface area (Å²) < 4.78 is 7.80. The molecular formula is C57H64N8O4S2. The number of likely N-dealkylation sites (N-methyl/N-ethyl adjacent to an activating group) is 1. The molecule has 3 N–H and O–H groups in total. The number of hydrogen-bond donors (Lipinski definition) is 3. The number of alkyl carbamates (subject to hydrolysis) is 1. The molecule has 4 amide bonds. The molecule has 0 saturated heterocycles. The molecule has 14 heteroatoms. The van der Waals surface area contributed by atoms with Crippen LogP contribution in [0.4, 0.5) is 9.59 Å². The Morgan fingerprint density at radius 3 is 1.77 bits per heavy atom. The van der Waals surface area contributed by atoms with Crippen LogP contribution in [0.3, 0.4) is 0 Å². The molecule has 6 aromatic rings. The van der Waals surface area contributed by atoms with Gasteiger partial charge in [-0.15, -0.1) is 23.5 Å². The van der Waals surface area contributed by atoms with Gasteiger partial charge in [0.05, 0.1) is 40.4 Å². The van der Waals surface area contributed by atoms with E-state index in [2.05, 4.69) is 87.9 Å². The standard InChI is InChI=1S/C57H64N8O4S2/c1-41(2)54-61-50(38-70-54)35-64(3)55(67)63-52(33-49-36-65(39-59-49)57(44-23-13-6-14-24-44,45-25-15-7-16-26-45)46-27-17-8-18-28-46)53(66)60-47(31-42-19-9-4-10-20-42)29-30-48(32-43-21-11-5-12-22-43)62-56(68)69-37-51-34-58-40-71-51/h4-28,36,39-41,47-48,50-52H,29-35,37-38H2,1-3H3,(H,60,66)(H,62,68)(H,63,67). The third-order valence-electron chi connectivity index (χ3n) is 12.9. The van der Waals surface area contributed by atoms with E-state index in [1.54, 1.807) is 41.0 Å². The zero-order valence-corrected chi connectivity index (χ0v) is 42.3. The van der Waals surface area contributed by atoms with Crippen molar-refractivity contribution in [2.45, 2.75) is 80.9 Å². The predicted molar refractivity (Wildman–Crippen MR) is 288 cm³/mol. The lowest BCUT2D eigenvalue weighted by Crippen LogP contribution is -2.54. The van der Waals surface area contributed by atoms with Crippen LogP contribution in [0.1, 0.15) is 60.2 Å². The molecule has 2 aliphatic rings. The second-order valence-corrected chi connectivity index (χ2v) is 20.8. The van der Waals surface area contributed by atoms with Gasteiger partial charge in [-0.25, -0.2) is 14.6 Å². The molecule has 0 spiro atoms. The molecule has 368 valence electrons. The summed E-state index contributed by atoms with van der Waals surface area (Å²) in [5.74, 6) is 0.786. The third kappa shape index (κ3) is 13.6. The zero-order chi connectivity index (χ0) is 49.4. The fraction of sp³-hybridized carbons (Fsp3) is 0.333. The summed E-state index contributed by atoms with van der Waals surface area (Å²) in [5.41, 5.74) is 6.86. The van der Waals surface area contributed by atoms with Crippen LogP contribution >= 0.6 is 23.5 Å². The number of aromatic nitrogens is 2. The number of imidazole rings is 1. The van der Waals surface area contributed by atoms with Gasteiger partial charge in [-0.2, -0.15) is 0 Å². The number of carbonyl (C=O) groups is 3. The number of amides is 4. The van der Waals surface area contributed by atoms with E-state index in [4.69, 9.17) is 14.7 Å². The van der Waals surface area contributed by atoms with E-state index < -0.39 is 17.7 Å². The van der Waals surface area contributed by atoms with Crippen molar-refractivity contribution in [3.8, 4) is 0 Å². The topological polar surface area (TPSA) is 142 Å². The average Bonchev–Trinajstić information content (AvgIpc) is 4.21. The van der Waals surface area contributed by atoms with Crippen LogP contribution in [-0.2, 0) is 34.3 Å². The molecule has 2 aliphatic heterocycles. The van der Waals surface area contributed by atoms with E-state index in [9.17, 15) is 9.59 Å². The molecule has 0 bridgehead atoms. The summed E-state index contributed by atoms with van der Waals surface area (Å²) in [6, 6.07) is 49.1. The molecule has 5 unspecified atom stereocenters. The Morgan fingerprint density at radius 1 is 0.732 bits per heavy atom. The molecular weight excluding hydrogens is 925 g/mol. The van der Waals surface area contributed by atoms with E-state index in [0.717, 1.165) is 38.6 Å². The monoisotopic (exact) mass is 988 g/mol. The molecule has 5 aromatic carbocycles. The molecule has 5 atom stereocenters. The van der Waals surface area contributed by atoms with Gasteiger partial charge in [0.2, 0.25) is 5.91 Å². The van der Waals surface area contributed by atoms with Gasteiger partial charge in [0.25, 0.3) is 0 Å². The summed E-state index contributed by atoms with van der Waals surface area (Å²) in [7, 11) is 1.75. The lowest BCUT2D eigenvalue weighted by atomic mass is 9.77. The fourth-order valence-corrected chi connectivity index (χ4v) is 11.1. The molecule has 8 rings (SSSR count). The quantitative estimate of drug-likeness (QED) is 0.0576. The Balaban J connectivity index is 1.08. The number of benzene rings is 5. The maximum atomic E-state index is 15.1. The highest BCUT2D eigenvalue weighted by Crippen LogP contribution is 2.41. The number of thioether (sulfide) groups is 2. The first kappa shape index (κ1) is 50.7. The van der Waals surface area contributed by atoms with Crippen molar-refractivity contribution in [3.05, 3.63) is 198 Å². The predicted octanol–water partition coefficient (Wildman–Crippen LogP) is 9.43. The number of nitrogens with zero attached hydrogens (tertiary/aromatic N) is 5. The molecule has 12 nitrogen and oxygen atoms in total. The molecule has 0 radical (unpaired) electrons. The van der Waals surface area contributed by atoms with Crippen LogP contribution in [0, 0.1) is 5.92 Å². The highest BCUT2D eigenvalue weighted by molar-refractivity contribution is 8.14. The van der Waals surface area contributed by atoms with Crippen molar-refractivity contribution >= 4 is 52.1 Å². The van der Waals surface area contributed by atoms with Gasteiger partial charge in [-0.1, -0.05) is 166 Å². The van der Waals surface area contributed by atoms with Crippen LogP contribution in [0.5, 0.6) is 0 Å². The van der Waals surface area contributed by atoms with Crippen LogP contribution in [-0.4, -0.2) is 105 Å². The van der Waals surface area contributed by atoms with Crippen LogP contribution in [0.15, 0.2) is 174 Å². The molecule has 71 heavy (non-hydrogen) atoms. The van der Waals surface area contributed by atoms with Crippen molar-refractivity contribution in [1.82, 2.24) is 30.4 Å². The van der Waals surface area contributed by atoms with Gasteiger partial charge in [0.15, 0.2) is 0 Å². The van der Waals surface area contributed by atoms with E-state index in [0.29, 0.717) is 50.4 Å². The van der Waals surface area contributed by atoms with E-state index in [-0.39, 0.29) is 48.3 Å². The summed E-state index contributed by atoms with van der Waals surface area (Å²) in [4.78, 5) is 58.4. The summed E-state index contributed by atoms with van der Waals surface area (Å²) in [6.45, 7) is 5.55. The molecule has 0 aliphatic carbocycles. The number of carbonyl (C=O) groups excluding carboxylic acids is 3. The maximum absolute atomic E-state index is 15.1. The van der Waals surface area contributed by atoms with Crippen molar-refractivity contribution in [1.29, 1.82) is 0 Å². The maximum Gasteiger partial charge on any atom is 0.407 e. The lowest BCUT2D eigenvalue weighted by molar-refractivity contribution is -0.123. The summed E-state index contributed by atoms with van der Waals surface area (Å²) in [5, 5.41) is 10.8. The Morgan fingerprint density at radius 2 is 1.27 bits per heavy atom. The Kier molecular flexibility index (Phi) is 17.8. The van der Waals surface area contributed by atoms with Crippen LogP contribution < -0.4 is 16.0 Å². The number of ether oxygens (including phenoxy) is 1. The van der Waals surface area contributed by atoms with Crippen LogP contribution in [0.25, 0.3) is 0 Å². The lowest BCUT2D eigenvalue weighted by Gasteiger charge is -2.37. The normalized spacial score (nSPS) is 16.7. The Labute approximate surface area is 426 Å². The van der Waals surface area contributed by atoms with E-state index >= 15 is 4.79 Å². The number of urea groups is 1. The van der Waals surface area contributed by atoms with E-state index in [1.165, 1.54) is 0 Å². The van der Waals surface area contributed by atoms with Crippen molar-refractivity contribution < 1.29 is 19.1 Å². The first-order valence-electron chi connectivity index (χ1n) is 24.5. The second kappa shape index (κ2) is 25.0. The highest BCUT2D eigenvalue weighted by atomic mass is 32.2. The molecule has 3 heterocycles. The smallest absolute Gasteiger partial charge is 0.407 e. The number of hydrogen-bond acceptors (Lipinski definition) is 9.